The number of nitrogens with zero attached hydrogens (tertiary/aromatic N) is 1. The molecule has 14 heavy (non-hydrogen) atoms. The lowest BCUT2D eigenvalue weighted by atomic mass is 10.5. The van der Waals surface area contributed by atoms with Crippen molar-refractivity contribution in [2.45, 2.75) is 12.2 Å². The highest BCUT2D eigenvalue weighted by Crippen LogP contribution is 2.46. The standard InChI is InChI=1S/C3H9NO8P2/c5-4(6)3(14(10,11)12)1-2-13(7,8)9/h3H,1-2H2,(H2,7,8,9)(H2,10,11,12). The Morgan fingerprint density at radius 1 is 1.21 bits per heavy atom. The lowest BCUT2D eigenvalue weighted by Crippen LogP contribution is -2.20. The number of hydrogen-bond acceptors (Lipinski definition) is 4. The average molecular weight is 249 g/mol. The zero-order valence-electron chi connectivity index (χ0n) is 6.76. The van der Waals surface area contributed by atoms with Crippen LogP contribution in [0.1, 0.15) is 6.42 Å². The molecule has 0 aromatic carbocycles. The summed E-state index contributed by atoms with van der Waals surface area (Å²) in [5.41, 5.74) is 0. The fraction of sp³-hybridized carbons (Fsp3) is 1.00. The van der Waals surface area contributed by atoms with Gasteiger partial charge in [-0.15, -0.1) is 0 Å². The molecule has 0 rings (SSSR count). The molecule has 0 aromatic rings. The van der Waals surface area contributed by atoms with Crippen molar-refractivity contribution < 1.29 is 33.6 Å². The van der Waals surface area contributed by atoms with E-state index in [2.05, 4.69) is 0 Å². The molecule has 0 fully saturated rings. The Morgan fingerprint density at radius 2 is 1.64 bits per heavy atom. The molecular formula is C3H9NO8P2. The van der Waals surface area contributed by atoms with E-state index < -0.39 is 38.5 Å². The monoisotopic (exact) mass is 249 g/mol. The number of hydrogen-bond donors (Lipinski definition) is 4. The van der Waals surface area contributed by atoms with Crippen molar-refractivity contribution in [1.29, 1.82) is 0 Å². The van der Waals surface area contributed by atoms with Gasteiger partial charge >= 0.3 is 21.0 Å². The highest BCUT2D eigenvalue weighted by molar-refractivity contribution is 7.53. The van der Waals surface area contributed by atoms with E-state index in [-0.39, 0.29) is 0 Å². The molecule has 0 saturated carbocycles. The van der Waals surface area contributed by atoms with Crippen LogP contribution in [0.15, 0.2) is 0 Å². The smallest absolute Gasteiger partial charge is 0.324 e. The van der Waals surface area contributed by atoms with E-state index in [0.29, 0.717) is 0 Å². The summed E-state index contributed by atoms with van der Waals surface area (Å²) in [6.07, 6.45) is -1.79. The Hall–Kier alpha value is -0.300. The zero-order chi connectivity index (χ0) is 11.6. The minimum Gasteiger partial charge on any atom is -0.324 e. The molecule has 1 unspecified atom stereocenters. The summed E-state index contributed by atoms with van der Waals surface area (Å²) in [6, 6.07) is 0. The normalized spacial score (nSPS) is 15.1. The Morgan fingerprint density at radius 3 is 1.86 bits per heavy atom. The summed E-state index contributed by atoms with van der Waals surface area (Å²) in [5.74, 6) is -2.25. The molecule has 0 amide bonds. The highest BCUT2D eigenvalue weighted by atomic mass is 31.2. The molecule has 1 atom stereocenters. The minimum absolute atomic E-state index is 0.860. The quantitative estimate of drug-likeness (QED) is 0.283. The van der Waals surface area contributed by atoms with Crippen LogP contribution in [0.25, 0.3) is 0 Å². The van der Waals surface area contributed by atoms with Gasteiger partial charge in [0, 0.05) is 11.3 Å². The van der Waals surface area contributed by atoms with E-state index in [0.717, 1.165) is 0 Å². The predicted octanol–water partition coefficient (Wildman–Crippen LogP) is -0.665. The van der Waals surface area contributed by atoms with Crippen molar-refractivity contribution in [2.24, 2.45) is 0 Å². The van der Waals surface area contributed by atoms with E-state index in [4.69, 9.17) is 19.6 Å². The molecule has 0 aliphatic carbocycles. The Kier molecular flexibility index (Phi) is 4.38. The first-order valence-electron chi connectivity index (χ1n) is 3.27. The van der Waals surface area contributed by atoms with Gasteiger partial charge < -0.3 is 19.6 Å². The van der Waals surface area contributed by atoms with Crippen LogP contribution in [-0.4, -0.2) is 36.4 Å². The van der Waals surface area contributed by atoms with Crippen molar-refractivity contribution in [3.8, 4) is 0 Å². The number of rotatable bonds is 5. The van der Waals surface area contributed by atoms with Crippen LogP contribution in [-0.2, 0) is 9.13 Å². The van der Waals surface area contributed by atoms with Crippen molar-refractivity contribution in [1.82, 2.24) is 0 Å². The summed E-state index contributed by atoms with van der Waals surface area (Å²) in [6.45, 7) is 0. The first-order valence-corrected chi connectivity index (χ1v) is 6.75. The van der Waals surface area contributed by atoms with Crippen LogP contribution in [0.5, 0.6) is 0 Å². The summed E-state index contributed by atoms with van der Waals surface area (Å²) in [7, 11) is -9.44. The minimum atomic E-state index is -4.96. The zero-order valence-corrected chi connectivity index (χ0v) is 8.54. The lowest BCUT2D eigenvalue weighted by molar-refractivity contribution is -0.501. The summed E-state index contributed by atoms with van der Waals surface area (Å²) in [5, 5.41) is 10.1. The summed E-state index contributed by atoms with van der Waals surface area (Å²) < 4.78 is 20.8. The second-order valence-electron chi connectivity index (χ2n) is 2.53. The van der Waals surface area contributed by atoms with Gasteiger partial charge in [-0.25, -0.2) is 0 Å². The van der Waals surface area contributed by atoms with E-state index in [1.807, 2.05) is 0 Å². The van der Waals surface area contributed by atoms with Crippen LogP contribution in [0.4, 0.5) is 0 Å². The van der Waals surface area contributed by atoms with E-state index >= 15 is 0 Å². The maximum Gasteiger partial charge on any atom is 0.398 e. The third-order valence-corrected chi connectivity index (χ3v) is 3.37. The fourth-order valence-electron chi connectivity index (χ4n) is 0.680. The average Bonchev–Trinajstić information content (AvgIpc) is 1.79. The topological polar surface area (TPSA) is 158 Å². The van der Waals surface area contributed by atoms with Crippen molar-refractivity contribution in [3.63, 3.8) is 0 Å². The van der Waals surface area contributed by atoms with E-state index in [1.165, 1.54) is 0 Å². The number of nitro groups is 1. The molecule has 84 valence electrons. The molecule has 0 aliphatic heterocycles. The Balaban J connectivity index is 4.51. The van der Waals surface area contributed by atoms with Gasteiger partial charge in [0.25, 0.3) is 0 Å². The Labute approximate surface area is 78.2 Å². The SMILES string of the molecule is O=[N+]([O-])C(CCP(=O)(O)O)P(=O)(O)O. The van der Waals surface area contributed by atoms with Gasteiger partial charge in [-0.2, -0.15) is 0 Å². The molecule has 0 aromatic heterocycles. The molecule has 9 nitrogen and oxygen atoms in total. The molecule has 0 bridgehead atoms. The van der Waals surface area contributed by atoms with Crippen LogP contribution >= 0.6 is 15.2 Å². The first-order chi connectivity index (χ1) is 6.04. The highest BCUT2D eigenvalue weighted by Gasteiger charge is 2.40. The van der Waals surface area contributed by atoms with Crippen molar-refractivity contribution in [3.05, 3.63) is 10.1 Å². The van der Waals surface area contributed by atoms with Crippen LogP contribution in [0.3, 0.4) is 0 Å². The Bertz CT molecular complexity index is 302. The van der Waals surface area contributed by atoms with Crippen molar-refractivity contribution in [2.75, 3.05) is 6.16 Å². The van der Waals surface area contributed by atoms with Gasteiger partial charge in [-0.1, -0.05) is 0 Å². The van der Waals surface area contributed by atoms with Crippen molar-refractivity contribution >= 4 is 15.2 Å². The third kappa shape index (κ3) is 5.43. The van der Waals surface area contributed by atoms with Crippen LogP contribution < -0.4 is 0 Å². The molecule has 11 heteroatoms. The lowest BCUT2D eigenvalue weighted by Gasteiger charge is -2.10. The summed E-state index contributed by atoms with van der Waals surface area (Å²) in [4.78, 5) is 42.5. The molecule has 0 saturated heterocycles. The molecule has 4 N–H and O–H groups in total. The van der Waals surface area contributed by atoms with Gasteiger partial charge in [0.1, 0.15) is 0 Å². The first kappa shape index (κ1) is 13.7. The van der Waals surface area contributed by atoms with E-state index in [9.17, 15) is 19.2 Å². The third-order valence-electron chi connectivity index (χ3n) is 1.31. The molecular weight excluding hydrogens is 240 g/mol. The summed E-state index contributed by atoms with van der Waals surface area (Å²) >= 11 is 0. The maximum atomic E-state index is 10.5. The van der Waals surface area contributed by atoms with Gasteiger partial charge in [0.2, 0.25) is 0 Å². The maximum absolute atomic E-state index is 10.5. The van der Waals surface area contributed by atoms with Gasteiger partial charge in [0.05, 0.1) is 6.16 Å². The van der Waals surface area contributed by atoms with Crippen LogP contribution in [0, 0.1) is 10.1 Å². The van der Waals surface area contributed by atoms with Gasteiger partial charge in [0.15, 0.2) is 0 Å². The molecule has 0 radical (unpaired) electrons. The predicted molar refractivity (Wildman–Crippen MR) is 44.4 cm³/mol. The second kappa shape index (κ2) is 4.48. The molecule has 0 aliphatic rings. The van der Waals surface area contributed by atoms with Gasteiger partial charge in [-0.3, -0.25) is 19.2 Å². The van der Waals surface area contributed by atoms with E-state index in [1.54, 1.807) is 0 Å². The second-order valence-corrected chi connectivity index (χ2v) is 6.08. The van der Waals surface area contributed by atoms with Crippen LogP contribution in [0.2, 0.25) is 0 Å². The molecule has 0 heterocycles. The largest absolute Gasteiger partial charge is 0.398 e. The molecule has 0 spiro atoms. The van der Waals surface area contributed by atoms with Gasteiger partial charge in [-0.05, 0) is 0 Å². The fourth-order valence-corrected chi connectivity index (χ4v) is 2.18.